The van der Waals surface area contributed by atoms with Gasteiger partial charge in [-0.25, -0.2) is 0 Å². The quantitative estimate of drug-likeness (QED) is 0.488. The standard InChI is InChI=1S/C22H22O/c1-4-11-18(12-5-2)20-15-10-16-21(22(20)23-17-6-3)19-13-8-7-9-14-19/h1,5,7-16H,6,17H2,2-3H3. The van der Waals surface area contributed by atoms with E-state index in [9.17, 15) is 0 Å². The zero-order valence-electron chi connectivity index (χ0n) is 13.8. The molecule has 2 aromatic rings. The van der Waals surface area contributed by atoms with E-state index in [4.69, 9.17) is 11.2 Å². The van der Waals surface area contributed by atoms with Crippen LogP contribution in [0.2, 0.25) is 0 Å². The van der Waals surface area contributed by atoms with Crippen LogP contribution >= 0.6 is 0 Å². The second kappa shape index (κ2) is 8.66. The molecule has 0 atom stereocenters. The summed E-state index contributed by atoms with van der Waals surface area (Å²) in [6, 6.07) is 16.5. The fourth-order valence-electron chi connectivity index (χ4n) is 2.45. The summed E-state index contributed by atoms with van der Waals surface area (Å²) in [5, 5.41) is 0. The van der Waals surface area contributed by atoms with Gasteiger partial charge in [0.2, 0.25) is 0 Å². The minimum Gasteiger partial charge on any atom is -0.492 e. The highest BCUT2D eigenvalue weighted by Gasteiger charge is 2.13. The minimum absolute atomic E-state index is 0.677. The molecule has 0 aromatic heterocycles. The minimum atomic E-state index is 0.677. The highest BCUT2D eigenvalue weighted by Crippen LogP contribution is 2.37. The summed E-state index contributed by atoms with van der Waals surface area (Å²) in [6.07, 6.45) is 12.2. The van der Waals surface area contributed by atoms with Crippen LogP contribution in [0.25, 0.3) is 16.7 Å². The van der Waals surface area contributed by atoms with Crippen LogP contribution in [0.3, 0.4) is 0 Å². The first kappa shape index (κ1) is 16.6. The molecule has 23 heavy (non-hydrogen) atoms. The first-order valence-electron chi connectivity index (χ1n) is 7.92. The number of allylic oxidation sites excluding steroid dienone is 4. The fourth-order valence-corrected chi connectivity index (χ4v) is 2.45. The number of benzene rings is 2. The Balaban J connectivity index is 2.63. The molecule has 1 nitrogen and oxygen atoms in total. The zero-order chi connectivity index (χ0) is 16.5. The second-order valence-corrected chi connectivity index (χ2v) is 5.16. The summed E-state index contributed by atoms with van der Waals surface area (Å²) in [6.45, 7) is 4.77. The van der Waals surface area contributed by atoms with E-state index in [2.05, 4.69) is 37.1 Å². The van der Waals surface area contributed by atoms with E-state index in [0.717, 1.165) is 34.4 Å². The Morgan fingerprint density at radius 1 is 1.13 bits per heavy atom. The predicted octanol–water partition coefficient (Wildman–Crippen LogP) is 5.74. The number of ether oxygens (including phenoxy) is 1. The molecule has 0 heterocycles. The van der Waals surface area contributed by atoms with E-state index in [1.807, 2.05) is 43.3 Å². The van der Waals surface area contributed by atoms with Crippen molar-refractivity contribution in [1.29, 1.82) is 0 Å². The van der Waals surface area contributed by atoms with Gasteiger partial charge in [0.25, 0.3) is 0 Å². The van der Waals surface area contributed by atoms with E-state index in [1.54, 1.807) is 6.08 Å². The van der Waals surface area contributed by atoms with Crippen LogP contribution in [0.5, 0.6) is 5.75 Å². The summed E-state index contributed by atoms with van der Waals surface area (Å²) in [4.78, 5) is 0. The van der Waals surface area contributed by atoms with E-state index in [1.165, 1.54) is 0 Å². The van der Waals surface area contributed by atoms with Crippen LogP contribution in [-0.4, -0.2) is 6.61 Å². The average molecular weight is 302 g/mol. The molecule has 0 aliphatic heterocycles. The van der Waals surface area contributed by atoms with Gasteiger partial charge in [-0.05, 0) is 30.6 Å². The zero-order valence-corrected chi connectivity index (χ0v) is 13.8. The number of hydrogen-bond acceptors (Lipinski definition) is 1. The molecule has 0 unspecified atom stereocenters. The van der Waals surface area contributed by atoms with Crippen LogP contribution in [-0.2, 0) is 0 Å². The molecule has 0 saturated carbocycles. The van der Waals surface area contributed by atoms with Gasteiger partial charge < -0.3 is 4.74 Å². The monoisotopic (exact) mass is 302 g/mol. The van der Waals surface area contributed by atoms with E-state index < -0.39 is 0 Å². The van der Waals surface area contributed by atoms with Crippen molar-refractivity contribution in [3.05, 3.63) is 72.3 Å². The van der Waals surface area contributed by atoms with Crippen molar-refractivity contribution in [3.8, 4) is 29.2 Å². The predicted molar refractivity (Wildman–Crippen MR) is 99.3 cm³/mol. The number of hydrogen-bond donors (Lipinski definition) is 0. The molecule has 2 rings (SSSR count). The average Bonchev–Trinajstić information content (AvgIpc) is 2.60. The molecule has 0 aliphatic rings. The van der Waals surface area contributed by atoms with Crippen LogP contribution < -0.4 is 4.74 Å². The Morgan fingerprint density at radius 2 is 1.91 bits per heavy atom. The molecule has 0 N–H and O–H groups in total. The third kappa shape index (κ3) is 4.14. The van der Waals surface area contributed by atoms with E-state index >= 15 is 0 Å². The molecular weight excluding hydrogens is 280 g/mol. The Morgan fingerprint density at radius 3 is 2.57 bits per heavy atom. The lowest BCUT2D eigenvalue weighted by atomic mass is 9.96. The molecule has 2 aromatic carbocycles. The van der Waals surface area contributed by atoms with Gasteiger partial charge in [-0.15, -0.1) is 6.42 Å². The van der Waals surface area contributed by atoms with Crippen molar-refractivity contribution >= 4 is 5.57 Å². The molecular formula is C22H22O. The topological polar surface area (TPSA) is 9.23 Å². The largest absolute Gasteiger partial charge is 0.492 e. The van der Waals surface area contributed by atoms with Crippen molar-refractivity contribution in [3.63, 3.8) is 0 Å². The Hall–Kier alpha value is -2.72. The first-order valence-corrected chi connectivity index (χ1v) is 7.92. The van der Waals surface area contributed by atoms with Crippen molar-refractivity contribution in [2.24, 2.45) is 0 Å². The second-order valence-electron chi connectivity index (χ2n) is 5.16. The molecule has 116 valence electrons. The maximum absolute atomic E-state index is 6.10. The van der Waals surface area contributed by atoms with Crippen LogP contribution in [0.1, 0.15) is 25.8 Å². The van der Waals surface area contributed by atoms with Crippen molar-refractivity contribution < 1.29 is 4.74 Å². The van der Waals surface area contributed by atoms with Crippen LogP contribution in [0.15, 0.2) is 66.8 Å². The normalized spacial score (nSPS) is 11.4. The first-order chi connectivity index (χ1) is 11.3. The Bertz CT molecular complexity index is 730. The number of terminal acetylenes is 1. The maximum Gasteiger partial charge on any atom is 0.134 e. The highest BCUT2D eigenvalue weighted by molar-refractivity contribution is 5.85. The number of para-hydroxylation sites is 1. The summed E-state index contributed by atoms with van der Waals surface area (Å²) in [5.74, 6) is 3.51. The molecule has 0 amide bonds. The molecule has 0 saturated heterocycles. The fraction of sp³-hybridized carbons (Fsp3) is 0.182. The van der Waals surface area contributed by atoms with Gasteiger partial charge in [0.1, 0.15) is 5.75 Å². The van der Waals surface area contributed by atoms with Crippen LogP contribution in [0, 0.1) is 12.3 Å². The van der Waals surface area contributed by atoms with Crippen LogP contribution in [0.4, 0.5) is 0 Å². The molecule has 0 aliphatic carbocycles. The molecule has 0 bridgehead atoms. The van der Waals surface area contributed by atoms with Gasteiger partial charge in [0.05, 0.1) is 6.61 Å². The smallest absolute Gasteiger partial charge is 0.134 e. The summed E-state index contributed by atoms with van der Waals surface area (Å²) < 4.78 is 6.10. The summed E-state index contributed by atoms with van der Waals surface area (Å²) >= 11 is 0. The van der Waals surface area contributed by atoms with Gasteiger partial charge in [-0.3, -0.25) is 0 Å². The lowest BCUT2D eigenvalue weighted by Gasteiger charge is -2.16. The lowest BCUT2D eigenvalue weighted by molar-refractivity contribution is 0.318. The molecule has 1 heteroatoms. The maximum atomic E-state index is 6.10. The summed E-state index contributed by atoms with van der Waals surface area (Å²) in [5.41, 5.74) is 4.24. The van der Waals surface area contributed by atoms with Gasteiger partial charge >= 0.3 is 0 Å². The van der Waals surface area contributed by atoms with E-state index in [0.29, 0.717) is 6.61 Å². The SMILES string of the molecule is C#CC=C(C=CC)c1cccc(-c2ccccc2)c1OCCC. The molecule has 0 spiro atoms. The Labute approximate surface area is 139 Å². The lowest BCUT2D eigenvalue weighted by Crippen LogP contribution is -2.00. The Kier molecular flexibility index (Phi) is 6.27. The third-order valence-electron chi connectivity index (χ3n) is 3.45. The van der Waals surface area contributed by atoms with E-state index in [-0.39, 0.29) is 0 Å². The van der Waals surface area contributed by atoms with Gasteiger partial charge in [-0.1, -0.05) is 73.5 Å². The van der Waals surface area contributed by atoms with Gasteiger partial charge in [0, 0.05) is 11.1 Å². The van der Waals surface area contributed by atoms with Crippen molar-refractivity contribution in [1.82, 2.24) is 0 Å². The van der Waals surface area contributed by atoms with Gasteiger partial charge in [0.15, 0.2) is 0 Å². The summed E-state index contributed by atoms with van der Waals surface area (Å²) in [7, 11) is 0. The molecule has 0 radical (unpaired) electrons. The molecule has 0 fully saturated rings. The van der Waals surface area contributed by atoms with Crippen molar-refractivity contribution in [2.75, 3.05) is 6.61 Å². The number of rotatable bonds is 6. The van der Waals surface area contributed by atoms with Crippen molar-refractivity contribution in [2.45, 2.75) is 20.3 Å². The third-order valence-corrected chi connectivity index (χ3v) is 3.45. The van der Waals surface area contributed by atoms with Gasteiger partial charge in [-0.2, -0.15) is 0 Å². The highest BCUT2D eigenvalue weighted by atomic mass is 16.5.